The number of alkyl halides is 3. The van der Waals surface area contributed by atoms with Crippen molar-refractivity contribution in [2.75, 3.05) is 49.4 Å². The van der Waals surface area contributed by atoms with Gasteiger partial charge in [0.05, 0.1) is 45.6 Å². The quantitative estimate of drug-likeness (QED) is 0.0598. The maximum absolute atomic E-state index is 14.0. The van der Waals surface area contributed by atoms with Gasteiger partial charge in [-0.25, -0.2) is 4.98 Å². The van der Waals surface area contributed by atoms with Crippen LogP contribution in [0.4, 0.5) is 24.5 Å². The maximum atomic E-state index is 14.0. The Labute approximate surface area is 432 Å². The minimum atomic E-state index is -4.81. The number of anilines is 2. The summed E-state index contributed by atoms with van der Waals surface area (Å²) in [5.41, 5.74) is 3.39. The van der Waals surface area contributed by atoms with Gasteiger partial charge in [0.1, 0.15) is 36.6 Å². The van der Waals surface area contributed by atoms with Crippen LogP contribution in [0.1, 0.15) is 76.3 Å². The first-order valence-corrected chi connectivity index (χ1v) is 25.1. The Balaban J connectivity index is 0.816. The number of rotatable bonds is 19. The molecular weight excluding hydrogens is 980 g/mol. The lowest BCUT2D eigenvalue weighted by molar-refractivity contribution is -0.144. The van der Waals surface area contributed by atoms with E-state index in [0.29, 0.717) is 57.0 Å². The summed E-state index contributed by atoms with van der Waals surface area (Å²) in [6.45, 7) is 12.5. The van der Waals surface area contributed by atoms with Gasteiger partial charge in [-0.2, -0.15) is 18.4 Å². The molecule has 0 aliphatic carbocycles. The van der Waals surface area contributed by atoms with Gasteiger partial charge in [-0.1, -0.05) is 69.3 Å². The average molecular weight is 1040 g/mol. The van der Waals surface area contributed by atoms with E-state index >= 15 is 0 Å². The number of nitrogens with zero attached hydrogens (tertiary/aromatic N) is 5. The molecule has 73 heavy (non-hydrogen) atoms. The number of ether oxygens (including phenoxy) is 3. The molecule has 0 saturated carbocycles. The van der Waals surface area contributed by atoms with Crippen molar-refractivity contribution in [2.24, 2.45) is 5.41 Å². The molecule has 0 spiro atoms. The summed E-state index contributed by atoms with van der Waals surface area (Å²) >= 11 is 7.26. The highest BCUT2D eigenvalue weighted by Gasteiger charge is 2.51. The first-order chi connectivity index (χ1) is 34.7. The average Bonchev–Trinajstić information content (AvgIpc) is 4.07. The number of aromatic nitrogens is 1. The zero-order valence-electron chi connectivity index (χ0n) is 41.5. The molecule has 4 aromatic carbocycles. The molecule has 4 amide bonds. The van der Waals surface area contributed by atoms with Crippen LogP contribution >= 0.6 is 23.6 Å². The van der Waals surface area contributed by atoms with Crippen LogP contribution in [-0.4, -0.2) is 95.8 Å². The lowest BCUT2D eigenvalue weighted by atomic mass is 9.85. The van der Waals surface area contributed by atoms with E-state index in [4.69, 9.17) is 26.4 Å². The third-order valence-corrected chi connectivity index (χ3v) is 14.0. The first-order valence-electron chi connectivity index (χ1n) is 23.8. The molecule has 5 aromatic rings. The van der Waals surface area contributed by atoms with Crippen LogP contribution in [-0.2, 0) is 41.4 Å². The Bertz CT molecular complexity index is 2860. The number of benzene rings is 4. The number of carbonyl (C=O) groups is 4. The zero-order chi connectivity index (χ0) is 52.7. The van der Waals surface area contributed by atoms with E-state index in [-0.39, 0.29) is 42.4 Å². The van der Waals surface area contributed by atoms with Gasteiger partial charge in [-0.05, 0) is 122 Å². The van der Waals surface area contributed by atoms with Crippen LogP contribution in [0.15, 0.2) is 96.5 Å². The number of thiocarbonyl (C=S) groups is 1. The number of hydrogen-bond acceptors (Lipinski definition) is 11. The summed E-state index contributed by atoms with van der Waals surface area (Å²) in [5, 5.41) is 15.1. The van der Waals surface area contributed by atoms with Crippen LogP contribution in [0.3, 0.4) is 0 Å². The summed E-state index contributed by atoms with van der Waals surface area (Å²) in [7, 11) is 0. The number of hydrogen-bond donors (Lipinski definition) is 2. The number of nitriles is 1. The van der Waals surface area contributed by atoms with Gasteiger partial charge < -0.3 is 34.6 Å². The number of nitrogens with one attached hydrogen (secondary N) is 2. The fraction of sp³-hybridized carbons (Fsp3) is 0.389. The molecule has 0 radical (unpaired) electrons. The second-order valence-corrected chi connectivity index (χ2v) is 20.6. The van der Waals surface area contributed by atoms with Crippen molar-refractivity contribution in [1.29, 1.82) is 5.26 Å². The molecule has 19 heteroatoms. The predicted molar refractivity (Wildman–Crippen MR) is 277 cm³/mol. The summed E-state index contributed by atoms with van der Waals surface area (Å²) in [6, 6.07) is 25.8. The minimum Gasteiger partial charge on any atom is -0.491 e. The van der Waals surface area contributed by atoms with Crippen molar-refractivity contribution in [3.63, 3.8) is 0 Å². The van der Waals surface area contributed by atoms with Crippen molar-refractivity contribution >= 4 is 63.7 Å². The normalized spacial score (nSPS) is 16.1. The fourth-order valence-corrected chi connectivity index (χ4v) is 10.1. The standard InChI is InChI=1S/C54H58F3N7O7S2/c1-34-46(73-33-60-34)37-15-13-35(14-16-37)31-59-48(66)44-12-8-23-62(44)49(67)47(52(2,3)4)61-45(65)32-70-25-9-24-69-26-27-71-42-11-7-10-38(28-42)36-17-20-40(21-18-36)64-51(72)63(50(68)53(64,5)6)41-22-19-39(30-58)43(29-41)54(55,56)57/h7,10-11,13-22,28-29,33,44,47H,8-9,12,23-27,31-32H2,1-6H3,(H,59,66)(H,61,65)/t44-,47?/m0/s1. The third-order valence-electron chi connectivity index (χ3n) is 12.6. The zero-order valence-corrected chi connectivity index (χ0v) is 43.1. The van der Waals surface area contributed by atoms with Crippen LogP contribution in [0.25, 0.3) is 21.6 Å². The fourth-order valence-electron chi connectivity index (χ4n) is 8.76. The Hall–Kier alpha value is -6.72. The Kier molecular flexibility index (Phi) is 17.0. The third kappa shape index (κ3) is 12.7. The molecule has 2 saturated heterocycles. The smallest absolute Gasteiger partial charge is 0.417 e. The van der Waals surface area contributed by atoms with E-state index in [1.807, 2.05) is 93.9 Å². The van der Waals surface area contributed by atoms with Crippen molar-refractivity contribution < 1.29 is 46.6 Å². The van der Waals surface area contributed by atoms with E-state index in [0.717, 1.165) is 49.9 Å². The Morgan fingerprint density at radius 3 is 2.29 bits per heavy atom. The van der Waals surface area contributed by atoms with E-state index in [9.17, 15) is 37.6 Å². The first kappa shape index (κ1) is 54.1. The van der Waals surface area contributed by atoms with Crippen LogP contribution in [0, 0.1) is 23.7 Å². The molecule has 384 valence electrons. The van der Waals surface area contributed by atoms with Crippen molar-refractivity contribution in [3.8, 4) is 33.4 Å². The molecule has 14 nitrogen and oxygen atoms in total. The monoisotopic (exact) mass is 1040 g/mol. The SMILES string of the molecule is Cc1ncsc1-c1ccc(CNC(=O)[C@@H]2CCCN2C(=O)C(NC(=O)COCCCOCCOc2cccc(-c3ccc(N4C(=S)N(c5ccc(C#N)c(C(F)(F)F)c5)C(=O)C4(C)C)cc3)c2)C(C)(C)C)cc1. The van der Waals surface area contributed by atoms with Gasteiger partial charge in [0.25, 0.3) is 5.91 Å². The predicted octanol–water partition coefficient (Wildman–Crippen LogP) is 9.23. The molecule has 2 aliphatic heterocycles. The van der Waals surface area contributed by atoms with Gasteiger partial charge in [-0.15, -0.1) is 11.3 Å². The maximum Gasteiger partial charge on any atom is 0.417 e. The minimum absolute atomic E-state index is 0.00166. The van der Waals surface area contributed by atoms with Crippen molar-refractivity contribution in [3.05, 3.63) is 119 Å². The summed E-state index contributed by atoms with van der Waals surface area (Å²) in [5.74, 6) is -0.876. The van der Waals surface area contributed by atoms with Gasteiger partial charge >= 0.3 is 6.18 Å². The molecule has 2 atom stereocenters. The van der Waals surface area contributed by atoms with E-state index < -0.39 is 52.2 Å². The molecular formula is C54H58F3N7O7S2. The summed E-state index contributed by atoms with van der Waals surface area (Å²) < 4.78 is 58.7. The van der Waals surface area contributed by atoms with E-state index in [1.54, 1.807) is 53.2 Å². The molecule has 0 bridgehead atoms. The van der Waals surface area contributed by atoms with Crippen LogP contribution in [0.2, 0.25) is 0 Å². The lowest BCUT2D eigenvalue weighted by Gasteiger charge is -2.35. The molecule has 2 fully saturated rings. The van der Waals surface area contributed by atoms with Crippen molar-refractivity contribution in [2.45, 2.75) is 91.1 Å². The Morgan fingerprint density at radius 2 is 1.62 bits per heavy atom. The molecule has 7 rings (SSSR count). The second kappa shape index (κ2) is 23.0. The van der Waals surface area contributed by atoms with Crippen LogP contribution < -0.4 is 25.2 Å². The highest BCUT2D eigenvalue weighted by Crippen LogP contribution is 2.40. The number of thiazole rings is 1. The highest BCUT2D eigenvalue weighted by molar-refractivity contribution is 7.81. The van der Waals surface area contributed by atoms with Crippen molar-refractivity contribution in [1.82, 2.24) is 20.5 Å². The lowest BCUT2D eigenvalue weighted by Crippen LogP contribution is -2.58. The molecule has 1 aromatic heterocycles. The largest absolute Gasteiger partial charge is 0.491 e. The number of amides is 4. The van der Waals surface area contributed by atoms with E-state index in [1.165, 1.54) is 6.07 Å². The van der Waals surface area contributed by atoms with Gasteiger partial charge in [0.2, 0.25) is 17.7 Å². The number of halogens is 3. The molecule has 1 unspecified atom stereocenters. The Morgan fingerprint density at radius 1 is 0.918 bits per heavy atom. The van der Waals surface area contributed by atoms with Crippen LogP contribution in [0.5, 0.6) is 5.75 Å². The highest BCUT2D eigenvalue weighted by atomic mass is 32.1. The van der Waals surface area contributed by atoms with Gasteiger partial charge in [0.15, 0.2) is 5.11 Å². The summed E-state index contributed by atoms with van der Waals surface area (Å²) in [4.78, 5) is 63.7. The number of carbonyl (C=O) groups excluding carboxylic acids is 4. The van der Waals surface area contributed by atoms with E-state index in [2.05, 4.69) is 15.6 Å². The number of likely N-dealkylation sites (tertiary alicyclic amines) is 1. The van der Waals surface area contributed by atoms with Gasteiger partial charge in [0, 0.05) is 32.0 Å². The molecule has 2 aliphatic rings. The second-order valence-electron chi connectivity index (χ2n) is 19.3. The number of aryl methyl sites for hydroxylation is 1. The molecule has 2 N–H and O–H groups in total. The molecule has 3 heterocycles. The van der Waals surface area contributed by atoms with Gasteiger partial charge in [-0.3, -0.25) is 24.1 Å². The topological polar surface area (TPSA) is 166 Å². The summed E-state index contributed by atoms with van der Waals surface area (Å²) in [6.07, 6.45) is -3.08.